The van der Waals surface area contributed by atoms with Gasteiger partial charge in [0.15, 0.2) is 0 Å². The Bertz CT molecular complexity index is 950. The lowest BCUT2D eigenvalue weighted by Gasteiger charge is -2.09. The molecule has 0 unspecified atom stereocenters. The van der Waals surface area contributed by atoms with Crippen LogP contribution >= 0.6 is 11.8 Å². The Hall–Kier alpha value is -2.65. The molecule has 0 fully saturated rings. The first kappa shape index (κ1) is 19.1. The van der Waals surface area contributed by atoms with Crippen LogP contribution in [-0.2, 0) is 0 Å². The number of rotatable bonds is 5. The maximum atomic E-state index is 13.2. The molecule has 136 valence electrons. The van der Waals surface area contributed by atoms with Crippen molar-refractivity contribution in [2.75, 3.05) is 0 Å². The first-order valence-electron chi connectivity index (χ1n) is 8.83. The van der Waals surface area contributed by atoms with E-state index >= 15 is 0 Å². The van der Waals surface area contributed by atoms with Gasteiger partial charge in [0.2, 0.25) is 0 Å². The number of thioether (sulfide) groups is 1. The van der Waals surface area contributed by atoms with Gasteiger partial charge in [-0.2, -0.15) is 0 Å². The fourth-order valence-electron chi connectivity index (χ4n) is 2.76. The highest BCUT2D eigenvalue weighted by Gasteiger charge is 2.06. The summed E-state index contributed by atoms with van der Waals surface area (Å²) in [5, 5.41) is 0. The van der Waals surface area contributed by atoms with Gasteiger partial charge in [-0.15, -0.1) is 0 Å². The maximum Gasteiger partial charge on any atom is 0.123 e. The number of hydrogen-bond acceptors (Lipinski definition) is 2. The predicted molar refractivity (Wildman–Crippen MR) is 115 cm³/mol. The van der Waals surface area contributed by atoms with Gasteiger partial charge in [-0.05, 0) is 68.8 Å². The molecule has 0 radical (unpaired) electrons. The summed E-state index contributed by atoms with van der Waals surface area (Å²) in [6.07, 6.45) is 3.84. The zero-order valence-electron chi connectivity index (χ0n) is 15.7. The predicted octanol–water partition coefficient (Wildman–Crippen LogP) is 7.29. The molecule has 3 aromatic carbocycles. The lowest BCUT2D eigenvalue weighted by atomic mass is 10.1. The molecule has 0 amide bonds. The number of halogens is 1. The summed E-state index contributed by atoms with van der Waals surface area (Å²) >= 11 is 1.61. The highest BCUT2D eigenvalue weighted by molar-refractivity contribution is 8.08. The normalized spacial score (nSPS) is 11.9. The van der Waals surface area contributed by atoms with Crippen LogP contribution in [0.1, 0.15) is 22.3 Å². The van der Waals surface area contributed by atoms with E-state index in [0.29, 0.717) is 0 Å². The molecule has 0 atom stereocenters. The third-order valence-corrected chi connectivity index (χ3v) is 5.13. The number of hydrogen-bond donors (Lipinski definition) is 0. The van der Waals surface area contributed by atoms with Crippen molar-refractivity contribution < 1.29 is 4.39 Å². The van der Waals surface area contributed by atoms with Crippen LogP contribution in [0.15, 0.2) is 82.7 Å². The lowest BCUT2D eigenvalue weighted by molar-refractivity contribution is 0.626. The molecular formula is C24H22FNS. The molecule has 3 heteroatoms. The number of nitrogens with zero attached hydrogens (tertiary/aromatic N) is 1. The molecule has 3 rings (SSSR count). The second kappa shape index (κ2) is 8.83. The SMILES string of the molecule is Cc1ccc(N=CC=C(Sc2ccc(F)cc2)c2cc(C)cc(C)c2)cc1. The van der Waals surface area contributed by atoms with Gasteiger partial charge in [0, 0.05) is 16.0 Å². The Morgan fingerprint density at radius 2 is 1.44 bits per heavy atom. The Balaban J connectivity index is 1.92. The van der Waals surface area contributed by atoms with Crippen LogP contribution < -0.4 is 0 Å². The molecule has 0 aliphatic rings. The average molecular weight is 376 g/mol. The average Bonchev–Trinajstić information content (AvgIpc) is 2.63. The van der Waals surface area contributed by atoms with E-state index in [1.807, 2.05) is 24.4 Å². The minimum atomic E-state index is -0.225. The summed E-state index contributed by atoms with van der Waals surface area (Å²) in [5.74, 6) is -0.225. The van der Waals surface area contributed by atoms with Gasteiger partial charge in [0.1, 0.15) is 5.82 Å². The molecule has 0 saturated carbocycles. The highest BCUT2D eigenvalue weighted by Crippen LogP contribution is 2.35. The van der Waals surface area contributed by atoms with E-state index in [1.165, 1.54) is 28.8 Å². The molecule has 0 aromatic heterocycles. The molecule has 1 nitrogen and oxygen atoms in total. The Morgan fingerprint density at radius 1 is 0.815 bits per heavy atom. The minimum absolute atomic E-state index is 0.225. The van der Waals surface area contributed by atoms with Gasteiger partial charge in [0.25, 0.3) is 0 Å². The van der Waals surface area contributed by atoms with Crippen molar-refractivity contribution in [2.45, 2.75) is 25.7 Å². The second-order valence-electron chi connectivity index (χ2n) is 6.58. The second-order valence-corrected chi connectivity index (χ2v) is 7.69. The Morgan fingerprint density at radius 3 is 2.07 bits per heavy atom. The summed E-state index contributed by atoms with van der Waals surface area (Å²) in [6.45, 7) is 6.25. The Labute approximate surface area is 164 Å². The van der Waals surface area contributed by atoms with Crippen LogP contribution in [0.2, 0.25) is 0 Å². The van der Waals surface area contributed by atoms with Crippen LogP contribution in [0.3, 0.4) is 0 Å². The van der Waals surface area contributed by atoms with Crippen LogP contribution in [0, 0.1) is 26.6 Å². The van der Waals surface area contributed by atoms with E-state index in [4.69, 9.17) is 0 Å². The zero-order valence-corrected chi connectivity index (χ0v) is 16.6. The van der Waals surface area contributed by atoms with Gasteiger partial charge >= 0.3 is 0 Å². The van der Waals surface area contributed by atoms with E-state index in [1.54, 1.807) is 23.9 Å². The Kier molecular flexibility index (Phi) is 6.25. The number of benzene rings is 3. The number of allylic oxidation sites excluding steroid dienone is 1. The van der Waals surface area contributed by atoms with Gasteiger partial charge in [0.05, 0.1) is 5.69 Å². The van der Waals surface area contributed by atoms with Crippen molar-refractivity contribution in [1.82, 2.24) is 0 Å². The maximum absolute atomic E-state index is 13.2. The van der Waals surface area contributed by atoms with Crippen LogP contribution in [0.25, 0.3) is 4.91 Å². The molecule has 0 saturated heterocycles. The van der Waals surface area contributed by atoms with Crippen molar-refractivity contribution in [3.8, 4) is 0 Å². The van der Waals surface area contributed by atoms with Gasteiger partial charge < -0.3 is 0 Å². The van der Waals surface area contributed by atoms with Crippen LogP contribution in [-0.4, -0.2) is 6.21 Å². The number of aliphatic imine (C=N–C) groups is 1. The first-order chi connectivity index (χ1) is 13.0. The largest absolute Gasteiger partial charge is 0.257 e. The van der Waals surface area contributed by atoms with Crippen molar-refractivity contribution in [1.29, 1.82) is 0 Å². The fourth-order valence-corrected chi connectivity index (χ4v) is 3.65. The third-order valence-electron chi connectivity index (χ3n) is 4.03. The first-order valence-corrected chi connectivity index (χ1v) is 9.64. The van der Waals surface area contributed by atoms with Gasteiger partial charge in [-0.1, -0.05) is 58.8 Å². The molecule has 0 aliphatic carbocycles. The van der Waals surface area contributed by atoms with Crippen molar-refractivity contribution in [2.24, 2.45) is 4.99 Å². The van der Waals surface area contributed by atoms with Crippen molar-refractivity contribution >= 4 is 28.6 Å². The van der Waals surface area contributed by atoms with Gasteiger partial charge in [-0.3, -0.25) is 4.99 Å². The standard InChI is InChI=1S/C24H22FNS/c1-17-4-8-22(9-5-17)26-13-12-24(20-15-18(2)14-19(3)16-20)27-23-10-6-21(25)7-11-23/h4-16H,1-3H3. The molecule has 3 aromatic rings. The summed E-state index contributed by atoms with van der Waals surface area (Å²) in [7, 11) is 0. The molecule has 0 spiro atoms. The van der Waals surface area contributed by atoms with Gasteiger partial charge in [-0.25, -0.2) is 4.39 Å². The lowest BCUT2D eigenvalue weighted by Crippen LogP contribution is -1.87. The minimum Gasteiger partial charge on any atom is -0.257 e. The summed E-state index contributed by atoms with van der Waals surface area (Å²) in [4.78, 5) is 6.60. The van der Waals surface area contributed by atoms with E-state index in [-0.39, 0.29) is 5.82 Å². The molecule has 0 heterocycles. The quantitative estimate of drug-likeness (QED) is 0.337. The zero-order chi connectivity index (χ0) is 19.2. The van der Waals surface area contributed by atoms with E-state index in [2.05, 4.69) is 56.1 Å². The fraction of sp³-hybridized carbons (Fsp3) is 0.125. The van der Waals surface area contributed by atoms with Crippen molar-refractivity contribution in [3.63, 3.8) is 0 Å². The van der Waals surface area contributed by atoms with E-state index < -0.39 is 0 Å². The summed E-state index contributed by atoms with van der Waals surface area (Å²) < 4.78 is 13.2. The monoisotopic (exact) mass is 375 g/mol. The topological polar surface area (TPSA) is 12.4 Å². The van der Waals surface area contributed by atoms with Crippen molar-refractivity contribution in [3.05, 3.63) is 101 Å². The summed E-state index contributed by atoms with van der Waals surface area (Å²) in [5.41, 5.74) is 5.70. The molecule has 0 N–H and O–H groups in total. The third kappa shape index (κ3) is 5.66. The molecular weight excluding hydrogens is 353 g/mol. The molecule has 0 bridgehead atoms. The van der Waals surface area contributed by atoms with E-state index in [0.717, 1.165) is 21.1 Å². The molecule has 27 heavy (non-hydrogen) atoms. The highest BCUT2D eigenvalue weighted by atomic mass is 32.2. The number of aryl methyl sites for hydroxylation is 3. The smallest absolute Gasteiger partial charge is 0.123 e. The van der Waals surface area contributed by atoms with E-state index in [9.17, 15) is 4.39 Å². The summed E-state index contributed by atoms with van der Waals surface area (Å²) in [6, 6.07) is 21.2. The molecule has 0 aliphatic heterocycles. The van der Waals surface area contributed by atoms with Crippen LogP contribution in [0.5, 0.6) is 0 Å². The van der Waals surface area contributed by atoms with Crippen LogP contribution in [0.4, 0.5) is 10.1 Å².